The van der Waals surface area contributed by atoms with Crippen LogP contribution in [-0.2, 0) is 19.9 Å². The van der Waals surface area contributed by atoms with Crippen molar-refractivity contribution < 1.29 is 0 Å². The molecule has 0 saturated carbocycles. The van der Waals surface area contributed by atoms with E-state index in [0.717, 1.165) is 19.3 Å². The molecule has 0 spiro atoms. The SMILES string of the molecule is CCc1nn(C)c(CC)c1C(CC)NC. The van der Waals surface area contributed by atoms with E-state index in [2.05, 4.69) is 31.2 Å². The summed E-state index contributed by atoms with van der Waals surface area (Å²) >= 11 is 0. The number of hydrogen-bond donors (Lipinski definition) is 1. The molecule has 1 rings (SSSR count). The largest absolute Gasteiger partial charge is 0.313 e. The molecule has 3 heteroatoms. The van der Waals surface area contributed by atoms with Gasteiger partial charge in [-0.15, -0.1) is 0 Å². The average molecular weight is 209 g/mol. The summed E-state index contributed by atoms with van der Waals surface area (Å²) in [5.41, 5.74) is 4.04. The fourth-order valence-electron chi connectivity index (χ4n) is 2.27. The Bertz CT molecular complexity index is 311. The molecule has 3 nitrogen and oxygen atoms in total. The fourth-order valence-corrected chi connectivity index (χ4v) is 2.27. The molecule has 1 heterocycles. The van der Waals surface area contributed by atoms with Crippen molar-refractivity contribution in [3.63, 3.8) is 0 Å². The van der Waals surface area contributed by atoms with E-state index in [1.807, 2.05) is 18.8 Å². The Morgan fingerprint density at radius 3 is 2.33 bits per heavy atom. The van der Waals surface area contributed by atoms with Gasteiger partial charge in [0.15, 0.2) is 0 Å². The molecule has 0 aliphatic heterocycles. The first-order chi connectivity index (χ1) is 7.19. The van der Waals surface area contributed by atoms with Crippen LogP contribution in [0.3, 0.4) is 0 Å². The van der Waals surface area contributed by atoms with Gasteiger partial charge in [0.05, 0.1) is 5.69 Å². The molecule has 1 N–H and O–H groups in total. The predicted molar refractivity (Wildman–Crippen MR) is 64.1 cm³/mol. The molecule has 1 atom stereocenters. The molecule has 0 saturated heterocycles. The van der Waals surface area contributed by atoms with Crippen molar-refractivity contribution in [2.75, 3.05) is 7.05 Å². The van der Waals surface area contributed by atoms with E-state index in [0.29, 0.717) is 6.04 Å². The number of aromatic nitrogens is 2. The molecule has 1 aromatic rings. The summed E-state index contributed by atoms with van der Waals surface area (Å²) in [6.07, 6.45) is 3.18. The van der Waals surface area contributed by atoms with E-state index in [9.17, 15) is 0 Å². The minimum absolute atomic E-state index is 0.448. The van der Waals surface area contributed by atoms with Crippen molar-refractivity contribution in [3.05, 3.63) is 17.0 Å². The summed E-state index contributed by atoms with van der Waals surface area (Å²) in [6.45, 7) is 6.59. The van der Waals surface area contributed by atoms with Crippen LogP contribution in [0.5, 0.6) is 0 Å². The molecule has 0 aliphatic carbocycles. The van der Waals surface area contributed by atoms with E-state index < -0.39 is 0 Å². The van der Waals surface area contributed by atoms with Gasteiger partial charge in [0.25, 0.3) is 0 Å². The highest BCUT2D eigenvalue weighted by atomic mass is 15.3. The first-order valence-corrected chi connectivity index (χ1v) is 5.91. The third-order valence-electron chi connectivity index (χ3n) is 3.06. The van der Waals surface area contributed by atoms with E-state index in [1.54, 1.807) is 0 Å². The summed E-state index contributed by atoms with van der Waals surface area (Å²) in [6, 6.07) is 0.448. The Hall–Kier alpha value is -0.830. The Labute approximate surface area is 92.9 Å². The Morgan fingerprint density at radius 2 is 1.93 bits per heavy atom. The minimum atomic E-state index is 0.448. The van der Waals surface area contributed by atoms with E-state index >= 15 is 0 Å². The molecule has 0 aromatic carbocycles. The van der Waals surface area contributed by atoms with Gasteiger partial charge < -0.3 is 5.32 Å². The van der Waals surface area contributed by atoms with Crippen LogP contribution >= 0.6 is 0 Å². The molecule has 0 amide bonds. The second-order valence-electron chi connectivity index (χ2n) is 3.89. The van der Waals surface area contributed by atoms with Gasteiger partial charge in [-0.2, -0.15) is 5.10 Å². The lowest BCUT2D eigenvalue weighted by atomic mass is 9.99. The summed E-state index contributed by atoms with van der Waals surface area (Å²) < 4.78 is 2.04. The third-order valence-corrected chi connectivity index (χ3v) is 3.06. The standard InChI is InChI=1S/C12H23N3/c1-6-9(13-4)12-10(7-2)14-15(5)11(12)8-3/h9,13H,6-8H2,1-5H3. The van der Waals surface area contributed by atoms with Gasteiger partial charge in [0.1, 0.15) is 0 Å². The van der Waals surface area contributed by atoms with Gasteiger partial charge in [0, 0.05) is 24.3 Å². The predicted octanol–water partition coefficient (Wildman–Crippen LogP) is 2.22. The van der Waals surface area contributed by atoms with Crippen LogP contribution in [0, 0.1) is 0 Å². The van der Waals surface area contributed by atoms with Crippen molar-refractivity contribution in [2.45, 2.75) is 46.1 Å². The minimum Gasteiger partial charge on any atom is -0.313 e. The zero-order chi connectivity index (χ0) is 11.4. The number of aryl methyl sites for hydroxylation is 2. The van der Waals surface area contributed by atoms with Crippen LogP contribution in [0.25, 0.3) is 0 Å². The van der Waals surface area contributed by atoms with Crippen LogP contribution in [0.1, 0.15) is 50.2 Å². The smallest absolute Gasteiger partial charge is 0.0672 e. The van der Waals surface area contributed by atoms with Crippen LogP contribution in [0.15, 0.2) is 0 Å². The normalized spacial score (nSPS) is 13.1. The first-order valence-electron chi connectivity index (χ1n) is 5.91. The molecule has 0 fully saturated rings. The van der Waals surface area contributed by atoms with Crippen LogP contribution in [0.4, 0.5) is 0 Å². The summed E-state index contributed by atoms with van der Waals surface area (Å²) in [5.74, 6) is 0. The highest BCUT2D eigenvalue weighted by Crippen LogP contribution is 2.25. The van der Waals surface area contributed by atoms with Gasteiger partial charge >= 0.3 is 0 Å². The maximum atomic E-state index is 4.59. The molecule has 15 heavy (non-hydrogen) atoms. The number of rotatable bonds is 5. The number of nitrogens with one attached hydrogen (secondary N) is 1. The molecule has 1 unspecified atom stereocenters. The molecule has 86 valence electrons. The first kappa shape index (κ1) is 12.2. The fraction of sp³-hybridized carbons (Fsp3) is 0.750. The van der Waals surface area contributed by atoms with Gasteiger partial charge in [-0.3, -0.25) is 4.68 Å². The molecule has 0 radical (unpaired) electrons. The van der Waals surface area contributed by atoms with E-state index in [1.165, 1.54) is 17.0 Å². The van der Waals surface area contributed by atoms with Gasteiger partial charge in [-0.25, -0.2) is 0 Å². The molecule has 0 bridgehead atoms. The van der Waals surface area contributed by atoms with Crippen molar-refractivity contribution in [3.8, 4) is 0 Å². The van der Waals surface area contributed by atoms with E-state index in [-0.39, 0.29) is 0 Å². The Morgan fingerprint density at radius 1 is 1.27 bits per heavy atom. The van der Waals surface area contributed by atoms with Crippen molar-refractivity contribution in [1.29, 1.82) is 0 Å². The number of hydrogen-bond acceptors (Lipinski definition) is 2. The Balaban J connectivity index is 3.21. The average Bonchev–Trinajstić information content (AvgIpc) is 2.57. The lowest BCUT2D eigenvalue weighted by molar-refractivity contribution is 0.565. The molecule has 0 aliphatic rings. The maximum Gasteiger partial charge on any atom is 0.0672 e. The lowest BCUT2D eigenvalue weighted by Gasteiger charge is -2.16. The lowest BCUT2D eigenvalue weighted by Crippen LogP contribution is -2.18. The van der Waals surface area contributed by atoms with Crippen molar-refractivity contribution in [1.82, 2.24) is 15.1 Å². The van der Waals surface area contributed by atoms with Crippen LogP contribution in [0.2, 0.25) is 0 Å². The maximum absolute atomic E-state index is 4.59. The highest BCUT2D eigenvalue weighted by Gasteiger charge is 2.19. The van der Waals surface area contributed by atoms with Gasteiger partial charge in [0.2, 0.25) is 0 Å². The second kappa shape index (κ2) is 5.31. The quantitative estimate of drug-likeness (QED) is 0.806. The Kier molecular flexibility index (Phi) is 4.33. The molecule has 1 aromatic heterocycles. The van der Waals surface area contributed by atoms with Crippen LogP contribution < -0.4 is 5.32 Å². The zero-order valence-corrected chi connectivity index (χ0v) is 10.6. The topological polar surface area (TPSA) is 29.9 Å². The van der Waals surface area contributed by atoms with E-state index in [4.69, 9.17) is 0 Å². The second-order valence-corrected chi connectivity index (χ2v) is 3.89. The third kappa shape index (κ3) is 2.23. The number of nitrogens with zero attached hydrogens (tertiary/aromatic N) is 2. The highest BCUT2D eigenvalue weighted by molar-refractivity contribution is 5.30. The zero-order valence-electron chi connectivity index (χ0n) is 10.6. The van der Waals surface area contributed by atoms with Crippen molar-refractivity contribution >= 4 is 0 Å². The van der Waals surface area contributed by atoms with Crippen LogP contribution in [-0.4, -0.2) is 16.8 Å². The van der Waals surface area contributed by atoms with Crippen molar-refractivity contribution in [2.24, 2.45) is 7.05 Å². The summed E-state index contributed by atoms with van der Waals surface area (Å²) in [4.78, 5) is 0. The van der Waals surface area contributed by atoms with Gasteiger partial charge in [-0.05, 0) is 26.3 Å². The molecular weight excluding hydrogens is 186 g/mol. The molecular formula is C12H23N3. The summed E-state index contributed by atoms with van der Waals surface area (Å²) in [7, 11) is 4.07. The summed E-state index contributed by atoms with van der Waals surface area (Å²) in [5, 5.41) is 7.97. The monoisotopic (exact) mass is 209 g/mol. The van der Waals surface area contributed by atoms with Gasteiger partial charge in [-0.1, -0.05) is 20.8 Å².